The number of allylic oxidation sites excluding steroid dienone is 1. The zero-order chi connectivity index (χ0) is 31.5. The number of methoxy groups -OCH3 is 1. The molecule has 0 aliphatic carbocycles. The third kappa shape index (κ3) is 8.05. The van der Waals surface area contributed by atoms with Gasteiger partial charge in [-0.1, -0.05) is 30.3 Å². The molecular weight excluding hydrogens is 566 g/mol. The molecule has 0 unspecified atom stereocenters. The first-order chi connectivity index (χ1) is 21.3. The van der Waals surface area contributed by atoms with Gasteiger partial charge in [-0.2, -0.15) is 10.4 Å². The number of aliphatic hydroxyl groups is 1. The van der Waals surface area contributed by atoms with Crippen LogP contribution in [0.5, 0.6) is 17.2 Å². The highest BCUT2D eigenvalue weighted by atomic mass is 16.5. The molecule has 2 amide bonds. The molecule has 0 bridgehead atoms. The predicted molar refractivity (Wildman–Crippen MR) is 161 cm³/mol. The van der Waals surface area contributed by atoms with Gasteiger partial charge in [0.2, 0.25) is 0 Å². The molecule has 0 radical (unpaired) electrons. The van der Waals surface area contributed by atoms with Crippen LogP contribution in [0.1, 0.15) is 42.1 Å². The Morgan fingerprint density at radius 3 is 2.59 bits per heavy atom. The molecule has 44 heavy (non-hydrogen) atoms. The quantitative estimate of drug-likeness (QED) is 0.0994. The normalized spacial score (nSPS) is 15.1. The molecule has 1 aliphatic heterocycles. The number of hydrogen-bond acceptors (Lipinski definition) is 10. The van der Waals surface area contributed by atoms with Crippen molar-refractivity contribution in [2.45, 2.75) is 32.7 Å². The Kier molecular flexibility index (Phi) is 10.8. The summed E-state index contributed by atoms with van der Waals surface area (Å²) < 4.78 is 22.4. The molecule has 228 valence electrons. The van der Waals surface area contributed by atoms with Crippen LogP contribution in [0.3, 0.4) is 0 Å². The summed E-state index contributed by atoms with van der Waals surface area (Å²) in [6, 6.07) is 20.3. The maximum absolute atomic E-state index is 12.4. The second-order valence-electron chi connectivity index (χ2n) is 9.55. The molecule has 2 atom stereocenters. The standard InChI is InChI=1S/C32H33N5O7/c1-4-42-27-15-23(30-29(31(39)41-3)20(2)35-32(40)36-30)13-14-26(27)44-19-28(38)37-34-17-24-7-5-6-8-25(24)43-18-22-11-9-21(16-33)10-12-22/h5-15,17,28,30,37-38H,4,18-19H2,1-3H3,(H2,35,36,40)/b34-17+/t28-,30-/m0/s1. The lowest BCUT2D eigenvalue weighted by Gasteiger charge is -2.28. The fourth-order valence-corrected chi connectivity index (χ4v) is 4.37. The van der Waals surface area contributed by atoms with Gasteiger partial charge in [0.15, 0.2) is 17.7 Å². The second kappa shape index (κ2) is 15.1. The van der Waals surface area contributed by atoms with E-state index in [0.717, 1.165) is 5.56 Å². The Balaban J connectivity index is 1.38. The van der Waals surface area contributed by atoms with Gasteiger partial charge in [-0.3, -0.25) is 5.43 Å². The highest BCUT2D eigenvalue weighted by Crippen LogP contribution is 2.35. The molecule has 12 nitrogen and oxygen atoms in total. The van der Waals surface area contributed by atoms with Crippen LogP contribution in [-0.2, 0) is 16.1 Å². The summed E-state index contributed by atoms with van der Waals surface area (Å²) in [4.78, 5) is 24.6. The van der Waals surface area contributed by atoms with Crippen LogP contribution in [0.4, 0.5) is 4.79 Å². The first kappa shape index (κ1) is 31.4. The maximum Gasteiger partial charge on any atom is 0.337 e. The average molecular weight is 600 g/mol. The number of nitrogens with one attached hydrogen (secondary N) is 3. The molecular formula is C32H33N5O7. The van der Waals surface area contributed by atoms with Crippen molar-refractivity contribution in [2.75, 3.05) is 20.3 Å². The van der Waals surface area contributed by atoms with E-state index in [1.54, 1.807) is 37.3 Å². The van der Waals surface area contributed by atoms with Crippen molar-refractivity contribution in [1.82, 2.24) is 16.1 Å². The molecule has 3 aromatic rings. The zero-order valence-electron chi connectivity index (χ0n) is 24.5. The van der Waals surface area contributed by atoms with Crippen LogP contribution in [0, 0.1) is 11.3 Å². The van der Waals surface area contributed by atoms with Crippen LogP contribution in [-0.4, -0.2) is 49.9 Å². The summed E-state index contributed by atoms with van der Waals surface area (Å²) in [5.74, 6) is 0.736. The number of amides is 2. The molecule has 12 heteroatoms. The Hall–Kier alpha value is -5.54. The molecule has 1 heterocycles. The minimum Gasteiger partial charge on any atom is -0.490 e. The van der Waals surface area contributed by atoms with Crippen molar-refractivity contribution in [3.63, 3.8) is 0 Å². The number of ether oxygens (including phenoxy) is 4. The van der Waals surface area contributed by atoms with Crippen molar-refractivity contribution in [2.24, 2.45) is 5.10 Å². The summed E-state index contributed by atoms with van der Waals surface area (Å²) in [5.41, 5.74) is 6.04. The Morgan fingerprint density at radius 2 is 1.86 bits per heavy atom. The number of esters is 1. The lowest BCUT2D eigenvalue weighted by molar-refractivity contribution is -0.136. The first-order valence-electron chi connectivity index (χ1n) is 13.8. The minimum atomic E-state index is -1.16. The molecule has 1 aliphatic rings. The molecule has 4 N–H and O–H groups in total. The number of aliphatic hydroxyl groups excluding tert-OH is 1. The number of urea groups is 1. The number of nitrogens with zero attached hydrogens (tertiary/aromatic N) is 2. The summed E-state index contributed by atoms with van der Waals surface area (Å²) in [7, 11) is 1.27. The maximum atomic E-state index is 12.4. The van der Waals surface area contributed by atoms with Crippen LogP contribution in [0.2, 0.25) is 0 Å². The molecule has 0 fully saturated rings. The van der Waals surface area contributed by atoms with Crippen molar-refractivity contribution < 1.29 is 33.6 Å². The summed E-state index contributed by atoms with van der Waals surface area (Å²) in [6.07, 6.45) is 0.367. The third-order valence-corrected chi connectivity index (χ3v) is 6.50. The van der Waals surface area contributed by atoms with Gasteiger partial charge in [0, 0.05) is 11.3 Å². The van der Waals surface area contributed by atoms with Gasteiger partial charge >= 0.3 is 12.0 Å². The van der Waals surface area contributed by atoms with E-state index >= 15 is 0 Å². The van der Waals surface area contributed by atoms with E-state index in [4.69, 9.17) is 24.2 Å². The van der Waals surface area contributed by atoms with Gasteiger partial charge in [0.05, 0.1) is 43.2 Å². The van der Waals surface area contributed by atoms with Crippen LogP contribution in [0.15, 0.2) is 83.1 Å². The van der Waals surface area contributed by atoms with E-state index in [1.807, 2.05) is 43.3 Å². The summed E-state index contributed by atoms with van der Waals surface area (Å²) in [6.45, 7) is 3.91. The molecule has 0 spiro atoms. The lowest BCUT2D eigenvalue weighted by atomic mass is 9.95. The van der Waals surface area contributed by atoms with E-state index in [2.05, 4.69) is 27.2 Å². The highest BCUT2D eigenvalue weighted by molar-refractivity contribution is 5.95. The highest BCUT2D eigenvalue weighted by Gasteiger charge is 2.32. The van der Waals surface area contributed by atoms with Crippen molar-refractivity contribution >= 4 is 18.2 Å². The fourth-order valence-electron chi connectivity index (χ4n) is 4.37. The zero-order valence-corrected chi connectivity index (χ0v) is 24.5. The fraction of sp³-hybridized carbons (Fsp3) is 0.250. The van der Waals surface area contributed by atoms with E-state index in [-0.39, 0.29) is 12.2 Å². The number of hydrogen-bond donors (Lipinski definition) is 4. The first-order valence-corrected chi connectivity index (χ1v) is 13.8. The molecule has 0 saturated heterocycles. The van der Waals surface area contributed by atoms with E-state index < -0.39 is 24.3 Å². The van der Waals surface area contributed by atoms with Crippen molar-refractivity contribution in [3.05, 3.63) is 100 Å². The van der Waals surface area contributed by atoms with Gasteiger partial charge in [-0.05, 0) is 61.4 Å². The Morgan fingerprint density at radius 1 is 1.09 bits per heavy atom. The largest absolute Gasteiger partial charge is 0.490 e. The van der Waals surface area contributed by atoms with Gasteiger partial charge < -0.3 is 34.7 Å². The number of benzene rings is 3. The number of hydrazone groups is 1. The summed E-state index contributed by atoms with van der Waals surface area (Å²) >= 11 is 0. The number of carbonyl (C=O) groups excluding carboxylic acids is 2. The smallest absolute Gasteiger partial charge is 0.337 e. The number of nitriles is 1. The molecule has 0 saturated carbocycles. The Labute approximate surface area is 254 Å². The molecule has 3 aromatic carbocycles. The number of rotatable bonds is 13. The van der Waals surface area contributed by atoms with E-state index in [0.29, 0.717) is 52.8 Å². The van der Waals surface area contributed by atoms with Crippen molar-refractivity contribution in [1.29, 1.82) is 5.26 Å². The number of para-hydroxylation sites is 1. The topological polar surface area (TPSA) is 164 Å². The van der Waals surface area contributed by atoms with Gasteiger partial charge in [-0.25, -0.2) is 9.59 Å². The predicted octanol–water partition coefficient (Wildman–Crippen LogP) is 3.66. The molecule has 0 aromatic heterocycles. The number of carbonyl (C=O) groups is 2. The summed E-state index contributed by atoms with van der Waals surface area (Å²) in [5, 5.41) is 28.9. The monoisotopic (exact) mass is 599 g/mol. The van der Waals surface area contributed by atoms with Gasteiger partial charge in [-0.15, -0.1) is 0 Å². The van der Waals surface area contributed by atoms with Gasteiger partial charge in [0.25, 0.3) is 0 Å². The average Bonchev–Trinajstić information content (AvgIpc) is 3.03. The van der Waals surface area contributed by atoms with Crippen molar-refractivity contribution in [3.8, 4) is 23.3 Å². The lowest BCUT2D eigenvalue weighted by Crippen LogP contribution is -2.45. The third-order valence-electron chi connectivity index (χ3n) is 6.50. The van der Waals surface area contributed by atoms with Crippen LogP contribution >= 0.6 is 0 Å². The van der Waals surface area contributed by atoms with E-state index in [9.17, 15) is 14.7 Å². The SMILES string of the molecule is CCOc1cc([C@@H]2NC(=O)NC(C)=C2C(=O)OC)ccc1OC[C@H](O)N/N=C/c1ccccc1OCc1ccc(C#N)cc1. The second-order valence-corrected chi connectivity index (χ2v) is 9.55. The van der Waals surface area contributed by atoms with E-state index in [1.165, 1.54) is 13.3 Å². The Bertz CT molecular complexity index is 1580. The minimum absolute atomic E-state index is 0.163. The van der Waals surface area contributed by atoms with Crippen LogP contribution in [0.25, 0.3) is 0 Å². The molecule has 4 rings (SSSR count). The van der Waals surface area contributed by atoms with Crippen LogP contribution < -0.4 is 30.3 Å². The van der Waals surface area contributed by atoms with Gasteiger partial charge in [0.1, 0.15) is 19.0 Å².